The maximum atomic E-state index is 9.79. The van der Waals surface area contributed by atoms with E-state index < -0.39 is 12.2 Å². The van der Waals surface area contributed by atoms with Crippen molar-refractivity contribution in [2.75, 3.05) is 13.6 Å². The van der Waals surface area contributed by atoms with Crippen LogP contribution in [0.25, 0.3) is 0 Å². The van der Waals surface area contributed by atoms with E-state index in [4.69, 9.17) is 18.9 Å². The molecular weight excluding hydrogens is 288 g/mol. The van der Waals surface area contributed by atoms with Gasteiger partial charge in [-0.15, -0.1) is 13.2 Å². The number of aliphatic hydroxyl groups is 2. The Bertz CT molecular complexity index is 327. The molecule has 2 fully saturated rings. The molecule has 22 heavy (non-hydrogen) atoms. The lowest BCUT2D eigenvalue weighted by atomic mass is 9.98. The van der Waals surface area contributed by atoms with Gasteiger partial charge in [0.15, 0.2) is 0 Å². The van der Waals surface area contributed by atoms with Gasteiger partial charge in [0.25, 0.3) is 0 Å². The molecule has 0 aromatic heterocycles. The molecule has 0 bridgehead atoms. The zero-order valence-corrected chi connectivity index (χ0v) is 12.8. The Morgan fingerprint density at radius 2 is 1.14 bits per heavy atom. The molecule has 0 saturated carbocycles. The van der Waals surface area contributed by atoms with Crippen molar-refractivity contribution in [1.29, 1.82) is 0 Å². The molecule has 6 atom stereocenters. The van der Waals surface area contributed by atoms with Crippen LogP contribution in [0.3, 0.4) is 0 Å². The summed E-state index contributed by atoms with van der Waals surface area (Å²) >= 11 is 0. The SMILES string of the molecule is C=C[C@@H](O)[C@H]1CC[C@H]([C@H]2CC[C@H]([C@H](O)C=C)OCO2)OCO1. The smallest absolute Gasteiger partial charge is 0.147 e. The van der Waals surface area contributed by atoms with E-state index in [-0.39, 0.29) is 38.0 Å². The Balaban J connectivity index is 1.86. The van der Waals surface area contributed by atoms with Crippen molar-refractivity contribution >= 4 is 0 Å². The first-order chi connectivity index (χ1) is 10.7. The third kappa shape index (κ3) is 4.62. The van der Waals surface area contributed by atoms with Crippen LogP contribution in [0.2, 0.25) is 0 Å². The van der Waals surface area contributed by atoms with E-state index in [1.54, 1.807) is 0 Å². The van der Waals surface area contributed by atoms with Crippen molar-refractivity contribution in [2.45, 2.75) is 62.3 Å². The second kappa shape index (κ2) is 8.76. The molecule has 2 heterocycles. The summed E-state index contributed by atoms with van der Waals surface area (Å²) in [6, 6.07) is 0. The zero-order valence-electron chi connectivity index (χ0n) is 12.8. The van der Waals surface area contributed by atoms with Crippen LogP contribution in [0.4, 0.5) is 0 Å². The summed E-state index contributed by atoms with van der Waals surface area (Å²) in [5.74, 6) is 0. The van der Waals surface area contributed by atoms with Gasteiger partial charge in [0.05, 0.1) is 36.6 Å². The third-order valence-corrected chi connectivity index (χ3v) is 4.26. The van der Waals surface area contributed by atoms with Gasteiger partial charge in [-0.3, -0.25) is 0 Å². The predicted octanol–water partition coefficient (Wildman–Crippen LogP) is 1.12. The highest BCUT2D eigenvalue weighted by Gasteiger charge is 2.32. The fraction of sp³-hybridized carbons (Fsp3) is 0.750. The number of hydrogen-bond acceptors (Lipinski definition) is 6. The summed E-state index contributed by atoms with van der Waals surface area (Å²) in [6.45, 7) is 7.40. The van der Waals surface area contributed by atoms with Gasteiger partial charge in [0.2, 0.25) is 0 Å². The molecule has 0 aromatic carbocycles. The normalized spacial score (nSPS) is 36.6. The highest BCUT2D eigenvalue weighted by molar-refractivity contribution is 4.89. The number of ether oxygens (including phenoxy) is 4. The Morgan fingerprint density at radius 3 is 1.50 bits per heavy atom. The van der Waals surface area contributed by atoms with E-state index in [0.29, 0.717) is 12.8 Å². The van der Waals surface area contributed by atoms with E-state index in [2.05, 4.69) is 13.2 Å². The van der Waals surface area contributed by atoms with Gasteiger partial charge in [-0.2, -0.15) is 0 Å². The molecule has 2 aliphatic heterocycles. The van der Waals surface area contributed by atoms with Crippen LogP contribution in [0, 0.1) is 0 Å². The molecule has 2 aliphatic rings. The minimum Gasteiger partial charge on any atom is -0.386 e. The molecule has 2 rings (SSSR count). The standard InChI is InChI=1S/C16H26O6/c1-3-11(17)13-5-7-15(21-9-19-13)16-8-6-14(12(18)4-2)20-10-22-16/h3-4,11-18H,1-2,5-10H2/t11-,12-,13-,14-,15-,16-/m1/s1. The third-order valence-electron chi connectivity index (χ3n) is 4.26. The van der Waals surface area contributed by atoms with Gasteiger partial charge < -0.3 is 29.2 Å². The predicted molar refractivity (Wildman–Crippen MR) is 80.1 cm³/mol. The van der Waals surface area contributed by atoms with Crippen LogP contribution in [0.5, 0.6) is 0 Å². The molecule has 2 saturated heterocycles. The van der Waals surface area contributed by atoms with E-state index in [9.17, 15) is 10.2 Å². The molecule has 6 nitrogen and oxygen atoms in total. The fourth-order valence-corrected chi connectivity index (χ4v) is 2.85. The Hall–Kier alpha value is -0.760. The van der Waals surface area contributed by atoms with Crippen LogP contribution in [-0.4, -0.2) is 60.4 Å². The Kier molecular flexibility index (Phi) is 7.01. The number of aliphatic hydroxyl groups excluding tert-OH is 2. The molecular formula is C16H26O6. The molecule has 6 heteroatoms. The van der Waals surface area contributed by atoms with Crippen molar-refractivity contribution in [3.63, 3.8) is 0 Å². The van der Waals surface area contributed by atoms with Crippen LogP contribution in [0.1, 0.15) is 25.7 Å². The Morgan fingerprint density at radius 1 is 0.727 bits per heavy atom. The monoisotopic (exact) mass is 314 g/mol. The van der Waals surface area contributed by atoms with Crippen LogP contribution < -0.4 is 0 Å². The Labute approximate surface area is 131 Å². The van der Waals surface area contributed by atoms with Crippen molar-refractivity contribution < 1.29 is 29.2 Å². The summed E-state index contributed by atoms with van der Waals surface area (Å²) in [6.07, 6.45) is 3.60. The first-order valence-electron chi connectivity index (χ1n) is 7.73. The van der Waals surface area contributed by atoms with Gasteiger partial charge in [0, 0.05) is 0 Å². The van der Waals surface area contributed by atoms with Gasteiger partial charge in [-0.25, -0.2) is 0 Å². The molecule has 2 N–H and O–H groups in total. The van der Waals surface area contributed by atoms with Gasteiger partial charge in [-0.1, -0.05) is 12.2 Å². The fourth-order valence-electron chi connectivity index (χ4n) is 2.85. The van der Waals surface area contributed by atoms with Crippen molar-refractivity contribution in [2.24, 2.45) is 0 Å². The molecule has 0 spiro atoms. The van der Waals surface area contributed by atoms with Gasteiger partial charge >= 0.3 is 0 Å². The first-order valence-corrected chi connectivity index (χ1v) is 7.73. The average Bonchev–Trinajstić information content (AvgIpc) is 2.93. The van der Waals surface area contributed by atoms with Crippen LogP contribution >= 0.6 is 0 Å². The molecule has 0 aromatic rings. The molecule has 0 radical (unpaired) electrons. The van der Waals surface area contributed by atoms with E-state index in [0.717, 1.165) is 12.8 Å². The van der Waals surface area contributed by atoms with Crippen molar-refractivity contribution in [1.82, 2.24) is 0 Å². The molecule has 0 unspecified atom stereocenters. The van der Waals surface area contributed by atoms with Crippen LogP contribution in [0.15, 0.2) is 25.3 Å². The van der Waals surface area contributed by atoms with E-state index in [1.165, 1.54) is 12.2 Å². The number of hydrogen-bond donors (Lipinski definition) is 2. The summed E-state index contributed by atoms with van der Waals surface area (Å²) in [7, 11) is 0. The minimum absolute atomic E-state index is 0.106. The van der Waals surface area contributed by atoms with Crippen molar-refractivity contribution in [3.05, 3.63) is 25.3 Å². The highest BCUT2D eigenvalue weighted by atomic mass is 16.7. The number of rotatable bonds is 5. The van der Waals surface area contributed by atoms with Crippen LogP contribution in [-0.2, 0) is 18.9 Å². The lowest BCUT2D eigenvalue weighted by Gasteiger charge is -2.23. The topological polar surface area (TPSA) is 77.4 Å². The summed E-state index contributed by atoms with van der Waals surface area (Å²) in [5, 5.41) is 19.6. The summed E-state index contributed by atoms with van der Waals surface area (Å²) in [4.78, 5) is 0. The average molecular weight is 314 g/mol. The molecule has 0 amide bonds. The van der Waals surface area contributed by atoms with E-state index >= 15 is 0 Å². The van der Waals surface area contributed by atoms with E-state index in [1.807, 2.05) is 0 Å². The lowest BCUT2D eigenvalue weighted by Crippen LogP contribution is -2.31. The highest BCUT2D eigenvalue weighted by Crippen LogP contribution is 2.26. The molecule has 0 aliphatic carbocycles. The maximum Gasteiger partial charge on any atom is 0.147 e. The summed E-state index contributed by atoms with van der Waals surface area (Å²) < 4.78 is 22.4. The molecule has 126 valence electrons. The second-order valence-corrected chi connectivity index (χ2v) is 5.66. The second-order valence-electron chi connectivity index (χ2n) is 5.66. The van der Waals surface area contributed by atoms with Gasteiger partial charge in [0.1, 0.15) is 13.6 Å². The lowest BCUT2D eigenvalue weighted by molar-refractivity contribution is -0.166. The first kappa shape index (κ1) is 17.6. The van der Waals surface area contributed by atoms with Gasteiger partial charge in [-0.05, 0) is 25.7 Å². The quantitative estimate of drug-likeness (QED) is 0.741. The largest absolute Gasteiger partial charge is 0.386 e. The summed E-state index contributed by atoms with van der Waals surface area (Å²) in [5.41, 5.74) is 0. The van der Waals surface area contributed by atoms with Crippen molar-refractivity contribution in [3.8, 4) is 0 Å². The maximum absolute atomic E-state index is 9.79. The minimum atomic E-state index is -0.687. The zero-order chi connectivity index (χ0) is 15.9.